The molecular weight excluding hydrogens is 715 g/mol. The minimum atomic E-state index is -2.20. The zero-order valence-electron chi connectivity index (χ0n) is 33.7. The number of hydrogen-bond donors (Lipinski definition) is 0. The van der Waals surface area contributed by atoms with Crippen molar-refractivity contribution in [1.82, 2.24) is 0 Å². The standard InChI is InChI=1S/C50H63GeNSi/c1-36(2)44-34-46(48(40-24-14-9-15-25-40)41-26-16-10-17-27-41)50(47(35-44)49(42-28-18-11-19-29-42)43-30-20-12-21-31-43)52(51-45-32-22-13-23-33-45)53(37(3)4,38(5)6)39(7)8/h9-12,14-21,24-31,34-39,45,48-49H,13,22-23,32-33H2,1-8H3. The van der Waals surface area contributed by atoms with Crippen LogP contribution >= 0.6 is 0 Å². The van der Waals surface area contributed by atoms with E-state index < -0.39 is 23.9 Å². The van der Waals surface area contributed by atoms with Crippen LogP contribution in [0.15, 0.2) is 133 Å². The molecule has 5 aromatic rings. The average molecular weight is 779 g/mol. The van der Waals surface area contributed by atoms with E-state index in [9.17, 15) is 0 Å². The van der Waals surface area contributed by atoms with Crippen LogP contribution in [0.3, 0.4) is 0 Å². The van der Waals surface area contributed by atoms with Crippen LogP contribution in [0.5, 0.6) is 0 Å². The number of anilines is 1. The van der Waals surface area contributed by atoms with Crippen LogP contribution in [0.1, 0.15) is 144 Å². The van der Waals surface area contributed by atoms with Crippen molar-refractivity contribution in [3.05, 3.63) is 172 Å². The quantitative estimate of drug-likeness (QED) is 0.0802. The summed E-state index contributed by atoms with van der Waals surface area (Å²) in [5.74, 6) is 0.637. The van der Waals surface area contributed by atoms with E-state index in [2.05, 4.69) is 192 Å². The van der Waals surface area contributed by atoms with E-state index in [1.165, 1.54) is 71.0 Å². The van der Waals surface area contributed by atoms with Crippen molar-refractivity contribution in [1.29, 1.82) is 0 Å². The summed E-state index contributed by atoms with van der Waals surface area (Å²) in [5.41, 5.74) is 13.4. The van der Waals surface area contributed by atoms with Crippen LogP contribution in [-0.4, -0.2) is 23.9 Å². The predicted octanol–water partition coefficient (Wildman–Crippen LogP) is 14.5. The monoisotopic (exact) mass is 779 g/mol. The molecule has 0 unspecified atom stereocenters. The second kappa shape index (κ2) is 17.9. The van der Waals surface area contributed by atoms with Crippen LogP contribution in [0.25, 0.3) is 0 Å². The Morgan fingerprint density at radius 1 is 0.472 bits per heavy atom. The zero-order chi connectivity index (χ0) is 37.5. The maximum atomic E-state index is 3.32. The molecule has 0 spiro atoms. The molecule has 0 atom stereocenters. The van der Waals surface area contributed by atoms with Crippen LogP contribution in [0, 0.1) is 0 Å². The first-order valence-corrected chi connectivity index (χ1v) is 24.9. The zero-order valence-corrected chi connectivity index (χ0v) is 36.8. The molecule has 0 aliphatic heterocycles. The molecule has 276 valence electrons. The third kappa shape index (κ3) is 8.35. The van der Waals surface area contributed by atoms with Crippen LogP contribution < -0.4 is 3.52 Å². The van der Waals surface area contributed by atoms with Crippen molar-refractivity contribution in [2.75, 3.05) is 3.52 Å². The Balaban J connectivity index is 1.82. The van der Waals surface area contributed by atoms with E-state index in [-0.39, 0.29) is 11.8 Å². The van der Waals surface area contributed by atoms with Gasteiger partial charge in [-0.25, -0.2) is 0 Å². The summed E-state index contributed by atoms with van der Waals surface area (Å²) >= 11 is -0.528. The molecule has 3 heteroatoms. The van der Waals surface area contributed by atoms with Crippen molar-refractivity contribution >= 4 is 29.6 Å². The molecule has 1 fully saturated rings. The Hall–Kier alpha value is -3.34. The number of rotatable bonds is 14. The van der Waals surface area contributed by atoms with Gasteiger partial charge in [-0.15, -0.1) is 0 Å². The Kier molecular flexibility index (Phi) is 13.3. The van der Waals surface area contributed by atoms with Gasteiger partial charge in [0.05, 0.1) is 0 Å². The fourth-order valence-electron chi connectivity index (χ4n) is 9.98. The number of hydrogen-bond acceptors (Lipinski definition) is 1. The summed E-state index contributed by atoms with van der Waals surface area (Å²) < 4.78 is 4.14. The summed E-state index contributed by atoms with van der Waals surface area (Å²) in [7, 11) is -2.20. The third-order valence-electron chi connectivity index (χ3n) is 12.3. The summed E-state index contributed by atoms with van der Waals surface area (Å²) in [6.07, 6.45) is 6.97. The number of nitrogens with zero attached hydrogens (tertiary/aromatic N) is 1. The van der Waals surface area contributed by atoms with E-state index in [0.29, 0.717) is 22.5 Å². The van der Waals surface area contributed by atoms with E-state index in [0.717, 1.165) is 4.75 Å². The fourth-order valence-corrected chi connectivity index (χ4v) is 26.6. The van der Waals surface area contributed by atoms with Gasteiger partial charge in [0.2, 0.25) is 0 Å². The predicted molar refractivity (Wildman–Crippen MR) is 234 cm³/mol. The van der Waals surface area contributed by atoms with E-state index >= 15 is 0 Å². The second-order valence-corrected chi connectivity index (χ2v) is 26.7. The topological polar surface area (TPSA) is 3.24 Å². The van der Waals surface area contributed by atoms with E-state index in [1.807, 2.05) is 0 Å². The van der Waals surface area contributed by atoms with Gasteiger partial charge in [-0.2, -0.15) is 0 Å². The van der Waals surface area contributed by atoms with Gasteiger partial charge >= 0.3 is 332 Å². The molecule has 5 aromatic carbocycles. The summed E-state index contributed by atoms with van der Waals surface area (Å²) in [6, 6.07) is 51.1. The van der Waals surface area contributed by atoms with Crippen molar-refractivity contribution in [2.45, 2.75) is 127 Å². The Morgan fingerprint density at radius 2 is 0.811 bits per heavy atom. The molecule has 0 heterocycles. The molecule has 2 radical (unpaired) electrons. The average Bonchev–Trinajstić information content (AvgIpc) is 3.16. The first-order chi connectivity index (χ1) is 25.6. The van der Waals surface area contributed by atoms with Gasteiger partial charge in [0.1, 0.15) is 0 Å². The van der Waals surface area contributed by atoms with Gasteiger partial charge in [0.25, 0.3) is 0 Å². The Morgan fingerprint density at radius 3 is 1.11 bits per heavy atom. The molecule has 0 bridgehead atoms. The van der Waals surface area contributed by atoms with Crippen molar-refractivity contribution in [3.8, 4) is 0 Å². The molecule has 0 saturated heterocycles. The Bertz CT molecular complexity index is 1640. The van der Waals surface area contributed by atoms with Crippen molar-refractivity contribution in [2.24, 2.45) is 0 Å². The maximum absolute atomic E-state index is 3.32. The van der Waals surface area contributed by atoms with Crippen LogP contribution in [-0.2, 0) is 0 Å². The van der Waals surface area contributed by atoms with Crippen LogP contribution in [0.4, 0.5) is 5.69 Å². The number of benzene rings is 5. The van der Waals surface area contributed by atoms with Gasteiger partial charge in [-0.1, -0.05) is 0 Å². The minimum absolute atomic E-state index is 0.121. The van der Waals surface area contributed by atoms with Crippen molar-refractivity contribution in [3.63, 3.8) is 0 Å². The third-order valence-corrected chi connectivity index (χ3v) is 25.0. The van der Waals surface area contributed by atoms with Gasteiger partial charge in [-0.3, -0.25) is 0 Å². The fraction of sp³-hybridized carbons (Fsp3) is 0.400. The summed E-state index contributed by atoms with van der Waals surface area (Å²) in [4.78, 5) is 0. The van der Waals surface area contributed by atoms with Gasteiger partial charge < -0.3 is 0 Å². The molecule has 1 aliphatic rings. The van der Waals surface area contributed by atoms with E-state index in [1.54, 1.807) is 5.69 Å². The molecule has 1 saturated carbocycles. The molecule has 1 nitrogen and oxygen atoms in total. The molecular formula is C50H63GeNSi. The van der Waals surface area contributed by atoms with Gasteiger partial charge in [0, 0.05) is 0 Å². The summed E-state index contributed by atoms with van der Waals surface area (Å²) in [5, 5.41) is 0. The van der Waals surface area contributed by atoms with E-state index in [4.69, 9.17) is 0 Å². The normalized spacial score (nSPS) is 14.3. The SMILES string of the molecule is CC(C)c1cc(C(c2ccccc2)c2ccccc2)c([N]([Ge][CH]2CCCCC2)[Si](C(C)C)(C(C)C)C(C)C)c(C(c2ccccc2)c2ccccc2)c1. The molecule has 0 N–H and O–H groups in total. The Labute approximate surface area is 330 Å². The second-order valence-electron chi connectivity index (χ2n) is 16.9. The molecule has 53 heavy (non-hydrogen) atoms. The molecule has 1 aliphatic carbocycles. The van der Waals surface area contributed by atoms with Crippen LogP contribution in [0.2, 0.25) is 21.4 Å². The molecule has 0 aromatic heterocycles. The molecule has 6 rings (SSSR count). The summed E-state index contributed by atoms with van der Waals surface area (Å²) in [6.45, 7) is 20.3. The molecule has 0 amide bonds. The van der Waals surface area contributed by atoms with Gasteiger partial charge in [0.15, 0.2) is 0 Å². The van der Waals surface area contributed by atoms with Crippen molar-refractivity contribution < 1.29 is 0 Å². The van der Waals surface area contributed by atoms with Gasteiger partial charge in [-0.05, 0) is 0 Å². The first-order valence-electron chi connectivity index (χ1n) is 20.6. The first kappa shape index (κ1) is 39.4.